The first-order valence-electron chi connectivity index (χ1n) is 10.3. The van der Waals surface area contributed by atoms with Gasteiger partial charge in [-0.25, -0.2) is 9.97 Å². The van der Waals surface area contributed by atoms with E-state index in [1.165, 1.54) is 18.5 Å². The quantitative estimate of drug-likeness (QED) is 0.652. The molecular formula is C22H20F3N5O2. The Morgan fingerprint density at radius 1 is 1.19 bits per heavy atom. The SMILES string of the molecule is Cc1cnc(-c2ncco2)c(C(=O)N2C[C@@H]3C[C@@H](Nc4ccc(C(F)(F)F)cn4)[C@@H]2C3)c1. The van der Waals surface area contributed by atoms with Crippen molar-refractivity contribution in [3.63, 3.8) is 0 Å². The van der Waals surface area contributed by atoms with E-state index in [9.17, 15) is 18.0 Å². The molecule has 3 atom stereocenters. The van der Waals surface area contributed by atoms with Crippen LogP contribution in [0.15, 0.2) is 47.5 Å². The van der Waals surface area contributed by atoms with Crippen molar-refractivity contribution < 1.29 is 22.4 Å². The van der Waals surface area contributed by atoms with Crippen molar-refractivity contribution in [2.24, 2.45) is 5.92 Å². The van der Waals surface area contributed by atoms with Crippen molar-refractivity contribution in [3.05, 3.63) is 59.7 Å². The normalized spacial score (nSPS) is 22.4. The number of nitrogens with zero attached hydrogens (tertiary/aromatic N) is 4. The third-order valence-corrected chi connectivity index (χ3v) is 6.06. The van der Waals surface area contributed by atoms with E-state index >= 15 is 0 Å². The van der Waals surface area contributed by atoms with Crippen LogP contribution in [-0.4, -0.2) is 44.4 Å². The highest BCUT2D eigenvalue weighted by atomic mass is 19.4. The molecule has 1 aliphatic carbocycles. The zero-order valence-corrected chi connectivity index (χ0v) is 17.1. The Kier molecular flexibility index (Phi) is 4.87. The summed E-state index contributed by atoms with van der Waals surface area (Å²) < 4.78 is 43.7. The predicted molar refractivity (Wildman–Crippen MR) is 109 cm³/mol. The van der Waals surface area contributed by atoms with E-state index in [-0.39, 0.29) is 23.9 Å². The van der Waals surface area contributed by atoms with Crippen molar-refractivity contribution >= 4 is 11.7 Å². The highest BCUT2D eigenvalue weighted by Gasteiger charge is 2.47. The topological polar surface area (TPSA) is 84.2 Å². The molecule has 1 saturated heterocycles. The molecule has 0 unspecified atom stereocenters. The lowest BCUT2D eigenvalue weighted by molar-refractivity contribution is -0.137. The number of rotatable bonds is 4. The first kappa shape index (κ1) is 20.5. The van der Waals surface area contributed by atoms with Crippen LogP contribution in [-0.2, 0) is 6.18 Å². The summed E-state index contributed by atoms with van der Waals surface area (Å²) in [6.45, 7) is 2.49. The molecule has 0 radical (unpaired) electrons. The maximum absolute atomic E-state index is 13.5. The number of oxazole rings is 1. The average Bonchev–Trinajstić information content (AvgIpc) is 3.50. The molecule has 5 rings (SSSR count). The molecule has 32 heavy (non-hydrogen) atoms. The lowest BCUT2D eigenvalue weighted by atomic mass is 10.0. The number of carbonyl (C=O) groups is 1. The summed E-state index contributed by atoms with van der Waals surface area (Å²) in [7, 11) is 0. The second-order valence-electron chi connectivity index (χ2n) is 8.29. The Hall–Kier alpha value is -3.43. The Balaban J connectivity index is 1.37. The van der Waals surface area contributed by atoms with Crippen LogP contribution in [0.1, 0.15) is 34.3 Å². The van der Waals surface area contributed by atoms with Gasteiger partial charge >= 0.3 is 6.18 Å². The molecular weight excluding hydrogens is 423 g/mol. The highest BCUT2D eigenvalue weighted by molar-refractivity contribution is 5.99. The van der Waals surface area contributed by atoms with E-state index in [1.807, 2.05) is 11.8 Å². The number of aryl methyl sites for hydroxylation is 1. The van der Waals surface area contributed by atoms with Gasteiger partial charge in [0.25, 0.3) is 5.91 Å². The molecule has 1 amide bonds. The van der Waals surface area contributed by atoms with Gasteiger partial charge in [0.1, 0.15) is 17.8 Å². The second-order valence-corrected chi connectivity index (χ2v) is 8.29. The van der Waals surface area contributed by atoms with E-state index in [4.69, 9.17) is 4.42 Å². The van der Waals surface area contributed by atoms with E-state index in [0.717, 1.165) is 30.7 Å². The molecule has 4 heterocycles. The standard InChI is InChI=1S/C22H20F3N5O2/c1-12-6-15(19(28-9-12)20-26-4-5-32-20)21(31)30-11-13-7-16(17(30)8-13)29-18-3-2-14(10-27-18)22(23,24)25/h2-6,9-10,13,16-17H,7-8,11H2,1H3,(H,27,29)/t13-,16-,17+/m1/s1. The Morgan fingerprint density at radius 3 is 2.69 bits per heavy atom. The smallest absolute Gasteiger partial charge is 0.417 e. The minimum absolute atomic E-state index is 0.0884. The number of hydrogen-bond donors (Lipinski definition) is 1. The molecule has 166 valence electrons. The lowest BCUT2D eigenvalue weighted by Crippen LogP contribution is -2.48. The number of piperidine rings is 1. The van der Waals surface area contributed by atoms with Crippen LogP contribution in [0.3, 0.4) is 0 Å². The number of nitrogens with one attached hydrogen (secondary N) is 1. The number of amides is 1. The number of aromatic nitrogens is 3. The van der Waals surface area contributed by atoms with E-state index in [1.54, 1.807) is 12.3 Å². The van der Waals surface area contributed by atoms with Crippen LogP contribution in [0.5, 0.6) is 0 Å². The van der Waals surface area contributed by atoms with Gasteiger partial charge in [-0.15, -0.1) is 0 Å². The van der Waals surface area contributed by atoms with Gasteiger partial charge in [0.05, 0.1) is 23.4 Å². The molecule has 7 nitrogen and oxygen atoms in total. The van der Waals surface area contributed by atoms with Crippen LogP contribution in [0.25, 0.3) is 11.6 Å². The zero-order chi connectivity index (χ0) is 22.5. The molecule has 3 aromatic heterocycles. The fraction of sp³-hybridized carbons (Fsp3) is 0.364. The van der Waals surface area contributed by atoms with E-state index in [0.29, 0.717) is 29.5 Å². The average molecular weight is 443 g/mol. The molecule has 1 saturated carbocycles. The summed E-state index contributed by atoms with van der Waals surface area (Å²) in [6, 6.07) is 3.93. The van der Waals surface area contributed by atoms with Gasteiger partial charge in [-0.3, -0.25) is 9.78 Å². The lowest BCUT2D eigenvalue weighted by Gasteiger charge is -2.34. The molecule has 10 heteroatoms. The minimum atomic E-state index is -4.43. The molecule has 1 aliphatic heterocycles. The minimum Gasteiger partial charge on any atom is -0.443 e. The van der Waals surface area contributed by atoms with Gasteiger partial charge in [-0.1, -0.05) is 0 Å². The first-order chi connectivity index (χ1) is 15.3. The van der Waals surface area contributed by atoms with Crippen LogP contribution < -0.4 is 5.32 Å². The largest absolute Gasteiger partial charge is 0.443 e. The first-order valence-corrected chi connectivity index (χ1v) is 10.3. The predicted octanol–water partition coefficient (Wildman–Crippen LogP) is 4.17. The summed E-state index contributed by atoms with van der Waals surface area (Å²) >= 11 is 0. The van der Waals surface area contributed by atoms with Crippen molar-refractivity contribution in [3.8, 4) is 11.6 Å². The Labute approximate surface area is 181 Å². The van der Waals surface area contributed by atoms with Gasteiger partial charge in [0, 0.05) is 25.0 Å². The monoisotopic (exact) mass is 443 g/mol. The second kappa shape index (κ2) is 7.61. The Bertz CT molecular complexity index is 1130. The summed E-state index contributed by atoms with van der Waals surface area (Å²) in [5, 5.41) is 3.22. The number of likely N-dealkylation sites (tertiary alicyclic amines) is 1. The number of anilines is 1. The fourth-order valence-corrected chi connectivity index (χ4v) is 4.65. The number of pyridine rings is 2. The van der Waals surface area contributed by atoms with Crippen molar-refractivity contribution in [2.75, 3.05) is 11.9 Å². The van der Waals surface area contributed by atoms with Crippen molar-refractivity contribution in [2.45, 2.75) is 38.0 Å². The maximum atomic E-state index is 13.5. The van der Waals surface area contributed by atoms with E-state index < -0.39 is 11.7 Å². The number of fused-ring (bicyclic) bond motifs is 2. The number of alkyl halides is 3. The summed E-state index contributed by atoms with van der Waals surface area (Å²) in [4.78, 5) is 27.7. The van der Waals surface area contributed by atoms with Crippen molar-refractivity contribution in [1.82, 2.24) is 19.9 Å². The fourth-order valence-electron chi connectivity index (χ4n) is 4.65. The third kappa shape index (κ3) is 3.69. The summed E-state index contributed by atoms with van der Waals surface area (Å²) in [6.07, 6.45) is 2.64. The van der Waals surface area contributed by atoms with E-state index in [2.05, 4.69) is 20.3 Å². The summed E-state index contributed by atoms with van der Waals surface area (Å²) in [5.74, 6) is 0.801. The Morgan fingerprint density at radius 2 is 2.03 bits per heavy atom. The molecule has 0 aromatic carbocycles. The third-order valence-electron chi connectivity index (χ3n) is 6.06. The molecule has 2 aliphatic rings. The molecule has 3 aromatic rings. The van der Waals surface area contributed by atoms with Gasteiger partial charge in [0.15, 0.2) is 0 Å². The maximum Gasteiger partial charge on any atom is 0.417 e. The number of hydrogen-bond acceptors (Lipinski definition) is 6. The van der Waals surface area contributed by atoms with Gasteiger partial charge in [0.2, 0.25) is 5.89 Å². The molecule has 2 fully saturated rings. The van der Waals surface area contributed by atoms with Gasteiger partial charge in [-0.05, 0) is 49.4 Å². The van der Waals surface area contributed by atoms with Crippen LogP contribution >= 0.6 is 0 Å². The molecule has 0 spiro atoms. The summed E-state index contributed by atoms with van der Waals surface area (Å²) in [5.41, 5.74) is 0.865. The van der Waals surface area contributed by atoms with Crippen LogP contribution in [0, 0.1) is 12.8 Å². The van der Waals surface area contributed by atoms with Crippen LogP contribution in [0.4, 0.5) is 19.0 Å². The van der Waals surface area contributed by atoms with Gasteiger partial charge in [-0.2, -0.15) is 13.2 Å². The highest BCUT2D eigenvalue weighted by Crippen LogP contribution is 2.40. The van der Waals surface area contributed by atoms with Crippen LogP contribution in [0.2, 0.25) is 0 Å². The molecule has 1 N–H and O–H groups in total. The zero-order valence-electron chi connectivity index (χ0n) is 17.1. The van der Waals surface area contributed by atoms with Crippen molar-refractivity contribution in [1.29, 1.82) is 0 Å². The number of halogens is 3. The number of carbonyl (C=O) groups excluding carboxylic acids is 1. The molecule has 2 bridgehead atoms. The van der Waals surface area contributed by atoms with Gasteiger partial charge < -0.3 is 14.6 Å².